The standard InChI is InChI=1S/C11H20N2O3/c1-6(2)9(12)10(14)13-8-4-3-7(5-8)11(15)16/h6-9H,3-5,12H2,1-2H3,(H,13,14)(H,15,16)/t7-,8+,9+/m1/s1. The van der Waals surface area contributed by atoms with Gasteiger partial charge < -0.3 is 16.2 Å². The zero-order chi connectivity index (χ0) is 12.3. The van der Waals surface area contributed by atoms with Crippen LogP contribution in [0.1, 0.15) is 33.1 Å². The second-order valence-corrected chi connectivity index (χ2v) is 4.82. The summed E-state index contributed by atoms with van der Waals surface area (Å²) in [6.45, 7) is 3.78. The summed E-state index contributed by atoms with van der Waals surface area (Å²) in [6.07, 6.45) is 1.89. The van der Waals surface area contributed by atoms with Crippen molar-refractivity contribution < 1.29 is 14.7 Å². The lowest BCUT2D eigenvalue weighted by Crippen LogP contribution is -2.47. The first-order valence-electron chi connectivity index (χ1n) is 5.70. The Kier molecular flexibility index (Phi) is 4.29. The number of carboxylic acid groups (broad SMARTS) is 1. The predicted octanol–water partition coefficient (Wildman–Crippen LogP) is 0.339. The van der Waals surface area contributed by atoms with Crippen molar-refractivity contribution in [1.29, 1.82) is 0 Å². The summed E-state index contributed by atoms with van der Waals surface area (Å²) in [5.74, 6) is -1.17. The molecule has 16 heavy (non-hydrogen) atoms. The number of carbonyl (C=O) groups is 2. The first-order valence-corrected chi connectivity index (χ1v) is 5.70. The van der Waals surface area contributed by atoms with Gasteiger partial charge in [-0.2, -0.15) is 0 Å². The lowest BCUT2D eigenvalue weighted by atomic mass is 10.0. The van der Waals surface area contributed by atoms with E-state index < -0.39 is 12.0 Å². The zero-order valence-corrected chi connectivity index (χ0v) is 9.77. The third-order valence-electron chi connectivity index (χ3n) is 3.15. The molecule has 92 valence electrons. The van der Waals surface area contributed by atoms with E-state index in [9.17, 15) is 9.59 Å². The fraction of sp³-hybridized carbons (Fsp3) is 0.818. The lowest BCUT2D eigenvalue weighted by Gasteiger charge is -2.19. The maximum atomic E-state index is 11.6. The second kappa shape index (κ2) is 5.30. The Balaban J connectivity index is 2.40. The Labute approximate surface area is 95.4 Å². The second-order valence-electron chi connectivity index (χ2n) is 4.82. The molecule has 0 bridgehead atoms. The molecule has 0 aromatic rings. The van der Waals surface area contributed by atoms with E-state index in [1.54, 1.807) is 0 Å². The molecule has 0 spiro atoms. The number of carbonyl (C=O) groups excluding carboxylic acids is 1. The van der Waals surface area contributed by atoms with Gasteiger partial charge in [-0.1, -0.05) is 13.8 Å². The predicted molar refractivity (Wildman–Crippen MR) is 59.7 cm³/mol. The van der Waals surface area contributed by atoms with Crippen molar-refractivity contribution in [1.82, 2.24) is 5.32 Å². The van der Waals surface area contributed by atoms with Crippen LogP contribution in [0, 0.1) is 11.8 Å². The number of carboxylic acids is 1. The summed E-state index contributed by atoms with van der Waals surface area (Å²) >= 11 is 0. The van der Waals surface area contributed by atoms with Crippen LogP contribution in [0.15, 0.2) is 0 Å². The molecule has 0 saturated heterocycles. The average molecular weight is 228 g/mol. The molecular weight excluding hydrogens is 208 g/mol. The molecule has 3 atom stereocenters. The molecule has 4 N–H and O–H groups in total. The van der Waals surface area contributed by atoms with Gasteiger partial charge in [0.2, 0.25) is 5.91 Å². The smallest absolute Gasteiger partial charge is 0.306 e. The average Bonchev–Trinajstić information content (AvgIpc) is 2.64. The van der Waals surface area contributed by atoms with Gasteiger partial charge in [0.25, 0.3) is 0 Å². The SMILES string of the molecule is CC(C)[C@H](N)C(=O)N[C@H]1CC[C@@H](C(=O)O)C1. The maximum absolute atomic E-state index is 11.6. The Morgan fingerprint density at radius 2 is 2.00 bits per heavy atom. The van der Waals surface area contributed by atoms with Crippen LogP contribution in [0.2, 0.25) is 0 Å². The molecule has 1 amide bonds. The Hall–Kier alpha value is -1.10. The van der Waals surface area contributed by atoms with E-state index in [2.05, 4.69) is 5.32 Å². The molecule has 1 rings (SSSR count). The van der Waals surface area contributed by atoms with Crippen molar-refractivity contribution in [2.45, 2.75) is 45.2 Å². The molecule has 5 heteroatoms. The molecule has 0 unspecified atom stereocenters. The van der Waals surface area contributed by atoms with E-state index in [-0.39, 0.29) is 23.8 Å². The van der Waals surface area contributed by atoms with E-state index in [0.29, 0.717) is 12.8 Å². The van der Waals surface area contributed by atoms with Crippen LogP contribution in [-0.4, -0.2) is 29.1 Å². The molecule has 0 heterocycles. The first-order chi connectivity index (χ1) is 7.41. The molecule has 5 nitrogen and oxygen atoms in total. The summed E-state index contributed by atoms with van der Waals surface area (Å²) in [7, 11) is 0. The highest BCUT2D eigenvalue weighted by atomic mass is 16.4. The topological polar surface area (TPSA) is 92.4 Å². The van der Waals surface area contributed by atoms with Gasteiger partial charge in [0.05, 0.1) is 12.0 Å². The van der Waals surface area contributed by atoms with Crippen molar-refractivity contribution in [2.24, 2.45) is 17.6 Å². The van der Waals surface area contributed by atoms with Crippen LogP contribution in [0.5, 0.6) is 0 Å². The monoisotopic (exact) mass is 228 g/mol. The summed E-state index contributed by atoms with van der Waals surface area (Å²) in [6, 6.07) is -0.540. The number of aliphatic carboxylic acids is 1. The van der Waals surface area contributed by atoms with Crippen molar-refractivity contribution in [3.8, 4) is 0 Å². The summed E-state index contributed by atoms with van der Waals surface area (Å²) in [5, 5.41) is 11.6. The molecule has 1 aliphatic carbocycles. The largest absolute Gasteiger partial charge is 0.481 e. The summed E-state index contributed by atoms with van der Waals surface area (Å²) in [5.41, 5.74) is 5.70. The van der Waals surface area contributed by atoms with Gasteiger partial charge in [0.1, 0.15) is 0 Å². The van der Waals surface area contributed by atoms with Gasteiger partial charge in [-0.3, -0.25) is 9.59 Å². The van der Waals surface area contributed by atoms with E-state index in [1.807, 2.05) is 13.8 Å². The van der Waals surface area contributed by atoms with Crippen LogP contribution in [0.3, 0.4) is 0 Å². The number of amides is 1. The fourth-order valence-electron chi connectivity index (χ4n) is 1.94. The minimum Gasteiger partial charge on any atom is -0.481 e. The van der Waals surface area contributed by atoms with Gasteiger partial charge in [-0.05, 0) is 25.2 Å². The Bertz CT molecular complexity index is 278. The van der Waals surface area contributed by atoms with Crippen LogP contribution in [0.25, 0.3) is 0 Å². The molecule has 0 aromatic heterocycles. The number of nitrogens with two attached hydrogens (primary N) is 1. The highest BCUT2D eigenvalue weighted by molar-refractivity contribution is 5.82. The fourth-order valence-corrected chi connectivity index (χ4v) is 1.94. The molecule has 1 saturated carbocycles. The van der Waals surface area contributed by atoms with Crippen molar-refractivity contribution in [2.75, 3.05) is 0 Å². The van der Waals surface area contributed by atoms with Gasteiger partial charge >= 0.3 is 5.97 Å². The van der Waals surface area contributed by atoms with Crippen LogP contribution < -0.4 is 11.1 Å². The van der Waals surface area contributed by atoms with Gasteiger partial charge in [-0.25, -0.2) is 0 Å². The minimum atomic E-state index is -0.773. The van der Waals surface area contributed by atoms with Crippen LogP contribution in [0.4, 0.5) is 0 Å². The van der Waals surface area contributed by atoms with Crippen molar-refractivity contribution in [3.63, 3.8) is 0 Å². The molecular formula is C11H20N2O3. The van der Waals surface area contributed by atoms with Gasteiger partial charge in [-0.15, -0.1) is 0 Å². The zero-order valence-electron chi connectivity index (χ0n) is 9.77. The first kappa shape index (κ1) is 13.0. The highest BCUT2D eigenvalue weighted by Gasteiger charge is 2.31. The van der Waals surface area contributed by atoms with E-state index >= 15 is 0 Å². The van der Waals surface area contributed by atoms with Crippen molar-refractivity contribution >= 4 is 11.9 Å². The molecule has 1 fully saturated rings. The number of hydrogen-bond acceptors (Lipinski definition) is 3. The summed E-state index contributed by atoms with van der Waals surface area (Å²) < 4.78 is 0. The van der Waals surface area contributed by atoms with Crippen LogP contribution in [-0.2, 0) is 9.59 Å². The highest BCUT2D eigenvalue weighted by Crippen LogP contribution is 2.25. The van der Waals surface area contributed by atoms with Crippen LogP contribution >= 0.6 is 0 Å². The third-order valence-corrected chi connectivity index (χ3v) is 3.15. The quantitative estimate of drug-likeness (QED) is 0.647. The molecule has 0 aliphatic heterocycles. The Morgan fingerprint density at radius 3 is 2.44 bits per heavy atom. The normalized spacial score (nSPS) is 26.8. The lowest BCUT2D eigenvalue weighted by molar-refractivity contribution is -0.141. The number of rotatable bonds is 4. The maximum Gasteiger partial charge on any atom is 0.306 e. The number of hydrogen-bond donors (Lipinski definition) is 3. The molecule has 0 aromatic carbocycles. The number of nitrogens with one attached hydrogen (secondary N) is 1. The van der Waals surface area contributed by atoms with Crippen molar-refractivity contribution in [3.05, 3.63) is 0 Å². The summed E-state index contributed by atoms with van der Waals surface area (Å²) in [4.78, 5) is 22.4. The van der Waals surface area contributed by atoms with Gasteiger partial charge in [0.15, 0.2) is 0 Å². The van der Waals surface area contributed by atoms with Gasteiger partial charge in [0, 0.05) is 6.04 Å². The Morgan fingerprint density at radius 1 is 1.38 bits per heavy atom. The van der Waals surface area contributed by atoms with E-state index in [0.717, 1.165) is 6.42 Å². The molecule has 1 aliphatic rings. The molecule has 0 radical (unpaired) electrons. The van der Waals surface area contributed by atoms with E-state index in [4.69, 9.17) is 10.8 Å². The third kappa shape index (κ3) is 3.20. The van der Waals surface area contributed by atoms with E-state index in [1.165, 1.54) is 0 Å². The minimum absolute atomic E-state index is 0.0293.